The number of aromatic nitrogens is 2. The van der Waals surface area contributed by atoms with Crippen molar-refractivity contribution in [3.05, 3.63) is 53.9 Å². The van der Waals surface area contributed by atoms with Crippen molar-refractivity contribution in [1.29, 1.82) is 0 Å². The molecule has 1 fully saturated rings. The van der Waals surface area contributed by atoms with Gasteiger partial charge in [0, 0.05) is 45.0 Å². The van der Waals surface area contributed by atoms with Gasteiger partial charge in [0.2, 0.25) is 0 Å². The van der Waals surface area contributed by atoms with Crippen molar-refractivity contribution in [1.82, 2.24) is 14.7 Å². The molecular weight excluding hydrogens is 262 g/mol. The molecule has 1 aliphatic rings. The maximum absolute atomic E-state index is 5.80. The van der Waals surface area contributed by atoms with E-state index in [-0.39, 0.29) is 0 Å². The molecule has 0 amide bonds. The minimum Gasteiger partial charge on any atom is -0.377 e. The average molecular weight is 285 g/mol. The lowest BCUT2D eigenvalue weighted by atomic mass is 10.1. The number of aryl methyl sites for hydroxylation is 1. The SMILES string of the molecule is Cn1cc(CN(Cc2ccccc2)C[C@@H]2CCCO2)cn1. The number of hydrogen-bond donors (Lipinski definition) is 0. The quantitative estimate of drug-likeness (QED) is 0.817. The molecule has 0 spiro atoms. The van der Waals surface area contributed by atoms with Gasteiger partial charge in [-0.2, -0.15) is 5.10 Å². The second kappa shape index (κ2) is 6.87. The average Bonchev–Trinajstić information content (AvgIpc) is 3.12. The monoisotopic (exact) mass is 285 g/mol. The lowest BCUT2D eigenvalue weighted by molar-refractivity contribution is 0.0679. The zero-order valence-corrected chi connectivity index (χ0v) is 12.6. The third-order valence-corrected chi connectivity index (χ3v) is 3.90. The van der Waals surface area contributed by atoms with Crippen molar-refractivity contribution in [2.24, 2.45) is 7.05 Å². The lowest BCUT2D eigenvalue weighted by Crippen LogP contribution is -2.31. The van der Waals surface area contributed by atoms with Crippen LogP contribution in [0.3, 0.4) is 0 Å². The van der Waals surface area contributed by atoms with Crippen LogP contribution in [0.5, 0.6) is 0 Å². The van der Waals surface area contributed by atoms with E-state index < -0.39 is 0 Å². The second-order valence-corrected chi connectivity index (χ2v) is 5.81. The Labute approximate surface area is 126 Å². The fourth-order valence-electron chi connectivity index (χ4n) is 2.91. The maximum atomic E-state index is 5.80. The Balaban J connectivity index is 1.67. The molecule has 1 aliphatic heterocycles. The maximum Gasteiger partial charge on any atom is 0.0703 e. The molecule has 0 saturated carbocycles. The fourth-order valence-corrected chi connectivity index (χ4v) is 2.91. The normalized spacial score (nSPS) is 18.5. The van der Waals surface area contributed by atoms with E-state index in [9.17, 15) is 0 Å². The van der Waals surface area contributed by atoms with Crippen LogP contribution in [0.4, 0.5) is 0 Å². The minimum absolute atomic E-state index is 0.380. The second-order valence-electron chi connectivity index (χ2n) is 5.81. The molecule has 0 bridgehead atoms. The van der Waals surface area contributed by atoms with Crippen molar-refractivity contribution < 1.29 is 4.74 Å². The van der Waals surface area contributed by atoms with Crippen molar-refractivity contribution in [2.45, 2.75) is 32.0 Å². The van der Waals surface area contributed by atoms with Gasteiger partial charge in [0.15, 0.2) is 0 Å². The highest BCUT2D eigenvalue weighted by atomic mass is 16.5. The first-order chi connectivity index (χ1) is 10.3. The lowest BCUT2D eigenvalue weighted by Gasteiger charge is -2.24. The number of ether oxygens (including phenoxy) is 1. The molecule has 1 atom stereocenters. The third-order valence-electron chi connectivity index (χ3n) is 3.90. The smallest absolute Gasteiger partial charge is 0.0703 e. The topological polar surface area (TPSA) is 30.3 Å². The van der Waals surface area contributed by atoms with E-state index in [1.54, 1.807) is 0 Å². The molecule has 112 valence electrons. The molecule has 1 saturated heterocycles. The molecule has 0 radical (unpaired) electrons. The van der Waals surface area contributed by atoms with E-state index in [4.69, 9.17) is 4.74 Å². The van der Waals surface area contributed by atoms with Crippen LogP contribution < -0.4 is 0 Å². The van der Waals surface area contributed by atoms with Crippen molar-refractivity contribution in [2.75, 3.05) is 13.2 Å². The third kappa shape index (κ3) is 4.16. The summed E-state index contributed by atoms with van der Waals surface area (Å²) in [6.07, 6.45) is 6.79. The molecular formula is C17H23N3O. The van der Waals surface area contributed by atoms with Crippen LogP contribution in [-0.4, -0.2) is 33.9 Å². The molecule has 1 aromatic heterocycles. The Morgan fingerprint density at radius 3 is 2.71 bits per heavy atom. The summed E-state index contributed by atoms with van der Waals surface area (Å²) >= 11 is 0. The number of benzene rings is 1. The Hall–Kier alpha value is -1.65. The summed E-state index contributed by atoms with van der Waals surface area (Å²) in [6, 6.07) is 10.6. The van der Waals surface area contributed by atoms with E-state index in [1.807, 2.05) is 17.9 Å². The molecule has 21 heavy (non-hydrogen) atoms. The highest BCUT2D eigenvalue weighted by Crippen LogP contribution is 2.17. The molecule has 0 aliphatic carbocycles. The van der Waals surface area contributed by atoms with Gasteiger partial charge in [-0.1, -0.05) is 30.3 Å². The highest BCUT2D eigenvalue weighted by molar-refractivity contribution is 5.15. The summed E-state index contributed by atoms with van der Waals surface area (Å²) in [5.74, 6) is 0. The number of nitrogens with zero attached hydrogens (tertiary/aromatic N) is 3. The van der Waals surface area contributed by atoms with Crippen LogP contribution in [0.25, 0.3) is 0 Å². The molecule has 1 aromatic carbocycles. The van der Waals surface area contributed by atoms with Gasteiger partial charge in [-0.15, -0.1) is 0 Å². The zero-order valence-electron chi connectivity index (χ0n) is 12.6. The van der Waals surface area contributed by atoms with Gasteiger partial charge < -0.3 is 4.74 Å². The van der Waals surface area contributed by atoms with Crippen LogP contribution in [0.1, 0.15) is 24.0 Å². The van der Waals surface area contributed by atoms with Gasteiger partial charge >= 0.3 is 0 Å². The van der Waals surface area contributed by atoms with Crippen molar-refractivity contribution in [3.8, 4) is 0 Å². The van der Waals surface area contributed by atoms with E-state index in [2.05, 4.69) is 46.5 Å². The van der Waals surface area contributed by atoms with Gasteiger partial charge in [-0.3, -0.25) is 9.58 Å². The minimum atomic E-state index is 0.380. The van der Waals surface area contributed by atoms with Gasteiger partial charge in [0.05, 0.1) is 12.3 Å². The van der Waals surface area contributed by atoms with Gasteiger partial charge in [0.25, 0.3) is 0 Å². The van der Waals surface area contributed by atoms with E-state index >= 15 is 0 Å². The standard InChI is InChI=1S/C17H23N3O/c1-19-11-16(10-18-19)13-20(14-17-8-5-9-21-17)12-15-6-3-2-4-7-15/h2-4,6-7,10-11,17H,5,8-9,12-14H2,1H3/t17-/m0/s1. The molecule has 4 nitrogen and oxygen atoms in total. The van der Waals surface area contributed by atoms with Crippen LogP contribution in [0.15, 0.2) is 42.7 Å². The van der Waals surface area contributed by atoms with Crippen LogP contribution in [-0.2, 0) is 24.9 Å². The molecule has 0 unspecified atom stereocenters. The first kappa shape index (κ1) is 14.3. The molecule has 4 heteroatoms. The van der Waals surface area contributed by atoms with Crippen LogP contribution in [0, 0.1) is 0 Å². The molecule has 2 aromatic rings. The van der Waals surface area contributed by atoms with E-state index in [1.165, 1.54) is 24.0 Å². The van der Waals surface area contributed by atoms with Gasteiger partial charge in [-0.05, 0) is 18.4 Å². The first-order valence-corrected chi connectivity index (χ1v) is 7.65. The van der Waals surface area contributed by atoms with Gasteiger partial charge in [0.1, 0.15) is 0 Å². The molecule has 3 rings (SSSR count). The van der Waals surface area contributed by atoms with Crippen molar-refractivity contribution in [3.63, 3.8) is 0 Å². The Kier molecular flexibility index (Phi) is 4.68. The summed E-state index contributed by atoms with van der Waals surface area (Å²) in [5.41, 5.74) is 2.60. The Morgan fingerprint density at radius 2 is 2.05 bits per heavy atom. The molecule has 0 N–H and O–H groups in total. The van der Waals surface area contributed by atoms with Crippen molar-refractivity contribution >= 4 is 0 Å². The predicted molar refractivity (Wildman–Crippen MR) is 82.7 cm³/mol. The van der Waals surface area contributed by atoms with E-state index in [0.717, 1.165) is 26.2 Å². The molecule has 2 heterocycles. The largest absolute Gasteiger partial charge is 0.377 e. The summed E-state index contributed by atoms with van der Waals surface area (Å²) in [5, 5.41) is 4.27. The van der Waals surface area contributed by atoms with Crippen LogP contribution >= 0.6 is 0 Å². The van der Waals surface area contributed by atoms with Crippen LogP contribution in [0.2, 0.25) is 0 Å². The van der Waals surface area contributed by atoms with E-state index in [0.29, 0.717) is 6.10 Å². The first-order valence-electron chi connectivity index (χ1n) is 7.65. The van der Waals surface area contributed by atoms with Gasteiger partial charge in [-0.25, -0.2) is 0 Å². The predicted octanol–water partition coefficient (Wildman–Crippen LogP) is 2.60. The Bertz CT molecular complexity index is 546. The summed E-state index contributed by atoms with van der Waals surface area (Å²) < 4.78 is 7.66. The Morgan fingerprint density at radius 1 is 1.24 bits per heavy atom. The number of rotatable bonds is 6. The summed E-state index contributed by atoms with van der Waals surface area (Å²) in [4.78, 5) is 2.46. The highest BCUT2D eigenvalue weighted by Gasteiger charge is 2.19. The summed E-state index contributed by atoms with van der Waals surface area (Å²) in [6.45, 7) is 3.78. The summed E-state index contributed by atoms with van der Waals surface area (Å²) in [7, 11) is 1.96. The zero-order chi connectivity index (χ0) is 14.5. The fraction of sp³-hybridized carbons (Fsp3) is 0.471. The number of hydrogen-bond acceptors (Lipinski definition) is 3.